The van der Waals surface area contributed by atoms with Crippen LogP contribution in [-0.4, -0.2) is 17.6 Å². The Bertz CT molecular complexity index is 190. The van der Waals surface area contributed by atoms with Gasteiger partial charge in [0.15, 0.2) is 0 Å². The standard InChI is InChI=1S/C11H21NO2/c1-2-8(9-4-5-9)3-6-10(7-12)11(13)14/h8-10H,2-7,12H2,1H3,(H,13,14). The van der Waals surface area contributed by atoms with Crippen LogP contribution in [0.25, 0.3) is 0 Å². The molecule has 0 heterocycles. The third-order valence-corrected chi connectivity index (χ3v) is 3.33. The number of rotatable bonds is 7. The number of hydrogen-bond acceptors (Lipinski definition) is 2. The van der Waals surface area contributed by atoms with E-state index in [0.717, 1.165) is 24.7 Å². The molecule has 3 nitrogen and oxygen atoms in total. The molecule has 1 fully saturated rings. The first-order valence-electron chi connectivity index (χ1n) is 5.61. The maximum absolute atomic E-state index is 10.7. The predicted molar refractivity (Wildman–Crippen MR) is 55.9 cm³/mol. The van der Waals surface area contributed by atoms with Gasteiger partial charge in [-0.05, 0) is 37.5 Å². The average Bonchev–Trinajstić information content (AvgIpc) is 2.95. The second-order valence-corrected chi connectivity index (χ2v) is 4.35. The Morgan fingerprint density at radius 3 is 2.50 bits per heavy atom. The molecule has 1 aliphatic carbocycles. The third-order valence-electron chi connectivity index (χ3n) is 3.33. The zero-order valence-electron chi connectivity index (χ0n) is 8.91. The van der Waals surface area contributed by atoms with Gasteiger partial charge >= 0.3 is 5.97 Å². The molecule has 1 aliphatic rings. The molecule has 3 N–H and O–H groups in total. The van der Waals surface area contributed by atoms with Crippen molar-refractivity contribution in [1.29, 1.82) is 0 Å². The van der Waals surface area contributed by atoms with E-state index in [-0.39, 0.29) is 12.5 Å². The van der Waals surface area contributed by atoms with E-state index in [1.807, 2.05) is 0 Å². The lowest BCUT2D eigenvalue weighted by Crippen LogP contribution is -2.24. The van der Waals surface area contributed by atoms with Crippen LogP contribution in [0.5, 0.6) is 0 Å². The van der Waals surface area contributed by atoms with Crippen molar-refractivity contribution in [3.8, 4) is 0 Å². The fourth-order valence-corrected chi connectivity index (χ4v) is 2.10. The minimum atomic E-state index is -0.738. The molecule has 0 radical (unpaired) electrons. The summed E-state index contributed by atoms with van der Waals surface area (Å²) in [5.74, 6) is 0.552. The highest BCUT2D eigenvalue weighted by Crippen LogP contribution is 2.41. The van der Waals surface area contributed by atoms with Crippen LogP contribution in [-0.2, 0) is 4.79 Å². The number of carboxylic acid groups (broad SMARTS) is 1. The molecule has 1 rings (SSSR count). The van der Waals surface area contributed by atoms with Gasteiger partial charge in [-0.25, -0.2) is 0 Å². The van der Waals surface area contributed by atoms with Crippen LogP contribution in [0.4, 0.5) is 0 Å². The highest BCUT2D eigenvalue weighted by atomic mass is 16.4. The average molecular weight is 199 g/mol. The monoisotopic (exact) mass is 199 g/mol. The van der Waals surface area contributed by atoms with Gasteiger partial charge in [0.25, 0.3) is 0 Å². The van der Waals surface area contributed by atoms with Crippen LogP contribution in [0.15, 0.2) is 0 Å². The molecule has 2 unspecified atom stereocenters. The fourth-order valence-electron chi connectivity index (χ4n) is 2.10. The zero-order valence-corrected chi connectivity index (χ0v) is 8.91. The quantitative estimate of drug-likeness (QED) is 0.658. The first kappa shape index (κ1) is 11.5. The summed E-state index contributed by atoms with van der Waals surface area (Å²) in [5.41, 5.74) is 5.41. The first-order chi connectivity index (χ1) is 6.69. The number of nitrogens with two attached hydrogens (primary N) is 1. The Balaban J connectivity index is 2.25. The summed E-state index contributed by atoms with van der Waals surface area (Å²) in [4.78, 5) is 10.7. The van der Waals surface area contributed by atoms with Crippen LogP contribution >= 0.6 is 0 Å². The molecular formula is C11H21NO2. The Morgan fingerprint density at radius 1 is 1.50 bits per heavy atom. The van der Waals surface area contributed by atoms with Crippen molar-refractivity contribution >= 4 is 5.97 Å². The largest absolute Gasteiger partial charge is 0.481 e. The van der Waals surface area contributed by atoms with Crippen LogP contribution in [0.3, 0.4) is 0 Å². The molecule has 0 aromatic heterocycles. The van der Waals surface area contributed by atoms with Crippen molar-refractivity contribution in [1.82, 2.24) is 0 Å². The topological polar surface area (TPSA) is 63.3 Å². The second-order valence-electron chi connectivity index (χ2n) is 4.35. The van der Waals surface area contributed by atoms with Crippen LogP contribution in [0, 0.1) is 17.8 Å². The minimum absolute atomic E-state index is 0.274. The summed E-state index contributed by atoms with van der Waals surface area (Å²) in [5, 5.41) is 8.83. The van der Waals surface area contributed by atoms with Crippen molar-refractivity contribution in [3.63, 3.8) is 0 Å². The zero-order chi connectivity index (χ0) is 10.6. The summed E-state index contributed by atoms with van der Waals surface area (Å²) in [7, 11) is 0. The van der Waals surface area contributed by atoms with E-state index in [9.17, 15) is 4.79 Å². The third kappa shape index (κ3) is 3.29. The van der Waals surface area contributed by atoms with Crippen LogP contribution in [0.1, 0.15) is 39.0 Å². The van der Waals surface area contributed by atoms with Crippen LogP contribution < -0.4 is 5.73 Å². The van der Waals surface area contributed by atoms with Gasteiger partial charge in [0, 0.05) is 6.54 Å². The van der Waals surface area contributed by atoms with E-state index in [1.54, 1.807) is 0 Å². The summed E-state index contributed by atoms with van der Waals surface area (Å²) in [6.07, 6.45) is 5.66. The lowest BCUT2D eigenvalue weighted by Gasteiger charge is -2.16. The van der Waals surface area contributed by atoms with Gasteiger partial charge in [0.1, 0.15) is 0 Å². The maximum Gasteiger partial charge on any atom is 0.307 e. The minimum Gasteiger partial charge on any atom is -0.481 e. The Kier molecular flexibility index (Phi) is 4.39. The summed E-state index contributed by atoms with van der Waals surface area (Å²) < 4.78 is 0. The highest BCUT2D eigenvalue weighted by Gasteiger charge is 2.30. The van der Waals surface area contributed by atoms with E-state index in [0.29, 0.717) is 0 Å². The molecule has 0 aromatic rings. The van der Waals surface area contributed by atoms with Gasteiger partial charge in [-0.1, -0.05) is 13.3 Å². The molecule has 0 bridgehead atoms. The number of carboxylic acids is 1. The number of aliphatic carboxylic acids is 1. The SMILES string of the molecule is CCC(CCC(CN)C(=O)O)C1CC1. The second kappa shape index (κ2) is 5.35. The molecular weight excluding hydrogens is 178 g/mol. The summed E-state index contributed by atoms with van der Waals surface area (Å²) >= 11 is 0. The lowest BCUT2D eigenvalue weighted by molar-refractivity contribution is -0.141. The van der Waals surface area contributed by atoms with Gasteiger partial charge in [0.2, 0.25) is 0 Å². The molecule has 0 saturated heterocycles. The Labute approximate surface area is 85.7 Å². The highest BCUT2D eigenvalue weighted by molar-refractivity contribution is 5.70. The maximum atomic E-state index is 10.7. The van der Waals surface area contributed by atoms with E-state index < -0.39 is 5.97 Å². The van der Waals surface area contributed by atoms with E-state index in [1.165, 1.54) is 19.3 Å². The number of carbonyl (C=O) groups is 1. The normalized spacial score (nSPS) is 20.4. The number of hydrogen-bond donors (Lipinski definition) is 2. The van der Waals surface area contributed by atoms with Crippen molar-refractivity contribution < 1.29 is 9.90 Å². The predicted octanol–water partition coefficient (Wildman–Crippen LogP) is 1.86. The lowest BCUT2D eigenvalue weighted by atomic mass is 9.90. The van der Waals surface area contributed by atoms with Gasteiger partial charge in [-0.15, -0.1) is 0 Å². The van der Waals surface area contributed by atoms with E-state index in [4.69, 9.17) is 10.8 Å². The van der Waals surface area contributed by atoms with E-state index >= 15 is 0 Å². The Morgan fingerprint density at radius 2 is 2.14 bits per heavy atom. The molecule has 1 saturated carbocycles. The van der Waals surface area contributed by atoms with Gasteiger partial charge < -0.3 is 10.8 Å². The molecule has 0 aliphatic heterocycles. The van der Waals surface area contributed by atoms with Gasteiger partial charge in [-0.2, -0.15) is 0 Å². The van der Waals surface area contributed by atoms with Gasteiger partial charge in [-0.3, -0.25) is 4.79 Å². The fraction of sp³-hybridized carbons (Fsp3) is 0.909. The van der Waals surface area contributed by atoms with Gasteiger partial charge in [0.05, 0.1) is 5.92 Å². The van der Waals surface area contributed by atoms with E-state index in [2.05, 4.69) is 6.92 Å². The van der Waals surface area contributed by atoms with Crippen molar-refractivity contribution in [3.05, 3.63) is 0 Å². The van der Waals surface area contributed by atoms with Crippen molar-refractivity contribution in [2.24, 2.45) is 23.5 Å². The van der Waals surface area contributed by atoms with Crippen molar-refractivity contribution in [2.45, 2.75) is 39.0 Å². The molecule has 0 aromatic carbocycles. The first-order valence-corrected chi connectivity index (χ1v) is 5.61. The molecule has 0 spiro atoms. The summed E-state index contributed by atoms with van der Waals surface area (Å²) in [6, 6.07) is 0. The Hall–Kier alpha value is -0.570. The van der Waals surface area contributed by atoms with Crippen LogP contribution in [0.2, 0.25) is 0 Å². The smallest absolute Gasteiger partial charge is 0.307 e. The molecule has 14 heavy (non-hydrogen) atoms. The molecule has 3 heteroatoms. The molecule has 0 amide bonds. The molecule has 2 atom stereocenters. The summed E-state index contributed by atoms with van der Waals surface area (Å²) in [6.45, 7) is 2.47. The molecule has 82 valence electrons. The van der Waals surface area contributed by atoms with Crippen molar-refractivity contribution in [2.75, 3.05) is 6.54 Å².